The Hall–Kier alpha value is -1.79. The van der Waals surface area contributed by atoms with Gasteiger partial charge in [0.1, 0.15) is 6.04 Å². The fraction of sp³-hybridized carbons (Fsp3) is 0.750. The minimum Gasteiger partial charge on any atom is -0.481 e. The predicted octanol–water partition coefficient (Wildman–Crippen LogP) is 0.406. The molecule has 0 saturated heterocycles. The summed E-state index contributed by atoms with van der Waals surface area (Å²) >= 11 is 0. The SMILES string of the molecule is CCN(CC)C(=O)C(C)NC(=O)NC(C)CC(=O)O. The molecule has 7 nitrogen and oxygen atoms in total. The first-order valence-electron chi connectivity index (χ1n) is 6.39. The van der Waals surface area contributed by atoms with Crippen LogP contribution in [0, 0.1) is 0 Å². The van der Waals surface area contributed by atoms with Crippen LogP contribution in [-0.2, 0) is 9.59 Å². The molecule has 0 aliphatic rings. The van der Waals surface area contributed by atoms with Crippen LogP contribution in [-0.4, -0.2) is 53.1 Å². The van der Waals surface area contributed by atoms with Crippen molar-refractivity contribution in [1.82, 2.24) is 15.5 Å². The summed E-state index contributed by atoms with van der Waals surface area (Å²) in [5.41, 5.74) is 0. The molecule has 110 valence electrons. The first-order chi connectivity index (χ1) is 8.81. The molecular formula is C12H23N3O4. The third-order valence-electron chi connectivity index (χ3n) is 2.65. The lowest BCUT2D eigenvalue weighted by atomic mass is 10.2. The van der Waals surface area contributed by atoms with Gasteiger partial charge in [0.25, 0.3) is 0 Å². The number of urea groups is 1. The maximum atomic E-state index is 11.9. The number of carboxylic acids is 1. The fourth-order valence-corrected chi connectivity index (χ4v) is 1.65. The number of hydrogen-bond donors (Lipinski definition) is 3. The summed E-state index contributed by atoms with van der Waals surface area (Å²) in [6.07, 6.45) is -0.161. The highest BCUT2D eigenvalue weighted by Crippen LogP contribution is 1.95. The highest BCUT2D eigenvalue weighted by atomic mass is 16.4. The van der Waals surface area contributed by atoms with Gasteiger partial charge in [0, 0.05) is 19.1 Å². The summed E-state index contributed by atoms with van der Waals surface area (Å²) < 4.78 is 0. The van der Waals surface area contributed by atoms with Gasteiger partial charge < -0.3 is 20.6 Å². The van der Waals surface area contributed by atoms with E-state index in [0.29, 0.717) is 13.1 Å². The van der Waals surface area contributed by atoms with Crippen molar-refractivity contribution in [2.24, 2.45) is 0 Å². The van der Waals surface area contributed by atoms with Gasteiger partial charge in [-0.1, -0.05) is 0 Å². The molecule has 2 unspecified atom stereocenters. The molecule has 0 aromatic heterocycles. The maximum absolute atomic E-state index is 11.9. The topological polar surface area (TPSA) is 98.7 Å². The Balaban J connectivity index is 4.25. The van der Waals surface area contributed by atoms with Crippen molar-refractivity contribution in [2.75, 3.05) is 13.1 Å². The van der Waals surface area contributed by atoms with Gasteiger partial charge in [0.15, 0.2) is 0 Å². The molecule has 0 aliphatic heterocycles. The number of carboxylic acid groups (broad SMARTS) is 1. The Morgan fingerprint density at radius 1 is 1.11 bits per heavy atom. The zero-order chi connectivity index (χ0) is 15.0. The van der Waals surface area contributed by atoms with Crippen LogP contribution < -0.4 is 10.6 Å². The van der Waals surface area contributed by atoms with E-state index < -0.39 is 24.1 Å². The maximum Gasteiger partial charge on any atom is 0.315 e. The van der Waals surface area contributed by atoms with Gasteiger partial charge in [-0.25, -0.2) is 4.79 Å². The van der Waals surface area contributed by atoms with Gasteiger partial charge in [-0.15, -0.1) is 0 Å². The molecule has 0 bridgehead atoms. The number of amides is 3. The number of carbonyl (C=O) groups is 3. The van der Waals surface area contributed by atoms with E-state index >= 15 is 0 Å². The molecule has 0 heterocycles. The third-order valence-corrected chi connectivity index (χ3v) is 2.65. The van der Waals surface area contributed by atoms with E-state index in [1.54, 1.807) is 18.7 Å². The summed E-state index contributed by atoms with van der Waals surface area (Å²) in [5, 5.41) is 13.5. The zero-order valence-electron chi connectivity index (χ0n) is 11.9. The molecule has 0 fully saturated rings. The van der Waals surface area contributed by atoms with Crippen LogP contribution >= 0.6 is 0 Å². The second kappa shape index (κ2) is 8.34. The lowest BCUT2D eigenvalue weighted by Gasteiger charge is -2.24. The van der Waals surface area contributed by atoms with Gasteiger partial charge in [0.2, 0.25) is 5.91 Å². The van der Waals surface area contributed by atoms with Gasteiger partial charge in [0.05, 0.1) is 6.42 Å². The van der Waals surface area contributed by atoms with Crippen molar-refractivity contribution in [3.63, 3.8) is 0 Å². The summed E-state index contributed by atoms with van der Waals surface area (Å²) in [7, 11) is 0. The Morgan fingerprint density at radius 2 is 1.63 bits per heavy atom. The first-order valence-corrected chi connectivity index (χ1v) is 6.39. The zero-order valence-corrected chi connectivity index (χ0v) is 11.9. The largest absolute Gasteiger partial charge is 0.481 e. The van der Waals surface area contributed by atoms with Gasteiger partial charge in [-0.2, -0.15) is 0 Å². The number of nitrogens with zero attached hydrogens (tertiary/aromatic N) is 1. The van der Waals surface area contributed by atoms with E-state index in [1.807, 2.05) is 13.8 Å². The van der Waals surface area contributed by atoms with Gasteiger partial charge >= 0.3 is 12.0 Å². The van der Waals surface area contributed by atoms with E-state index in [2.05, 4.69) is 10.6 Å². The Bertz CT molecular complexity index is 329. The molecule has 3 N–H and O–H groups in total. The van der Waals surface area contributed by atoms with Gasteiger partial charge in [-0.3, -0.25) is 9.59 Å². The summed E-state index contributed by atoms with van der Waals surface area (Å²) in [6, 6.07) is -1.67. The van der Waals surface area contributed by atoms with Crippen LogP contribution in [0.5, 0.6) is 0 Å². The Labute approximate surface area is 113 Å². The summed E-state index contributed by atoms with van der Waals surface area (Å²) in [4.78, 5) is 35.5. The minimum absolute atomic E-state index is 0.161. The number of rotatable bonds is 7. The molecule has 0 rings (SSSR count). The van der Waals surface area contributed by atoms with E-state index in [0.717, 1.165) is 0 Å². The number of aliphatic carboxylic acids is 1. The molecule has 3 amide bonds. The number of nitrogens with one attached hydrogen (secondary N) is 2. The van der Waals surface area contributed by atoms with Crippen molar-refractivity contribution >= 4 is 17.9 Å². The lowest BCUT2D eigenvalue weighted by Crippen LogP contribution is -2.51. The van der Waals surface area contributed by atoms with Crippen LogP contribution in [0.25, 0.3) is 0 Å². The third kappa shape index (κ3) is 6.64. The summed E-state index contributed by atoms with van der Waals surface area (Å²) in [6.45, 7) is 8.08. The Morgan fingerprint density at radius 3 is 2.05 bits per heavy atom. The van der Waals surface area contributed by atoms with Crippen molar-refractivity contribution in [2.45, 2.75) is 46.2 Å². The molecule has 7 heteroatoms. The second-order valence-corrected chi connectivity index (χ2v) is 4.35. The van der Waals surface area contributed by atoms with Crippen LogP contribution in [0.1, 0.15) is 34.1 Å². The molecule has 0 aromatic carbocycles. The van der Waals surface area contributed by atoms with E-state index in [-0.39, 0.29) is 12.3 Å². The molecule has 0 spiro atoms. The number of carbonyl (C=O) groups excluding carboxylic acids is 2. The van der Waals surface area contributed by atoms with E-state index in [4.69, 9.17) is 5.11 Å². The number of hydrogen-bond acceptors (Lipinski definition) is 3. The van der Waals surface area contributed by atoms with Crippen molar-refractivity contribution in [3.05, 3.63) is 0 Å². The molecule has 0 radical (unpaired) electrons. The van der Waals surface area contributed by atoms with Crippen LogP contribution in [0.3, 0.4) is 0 Å². The average Bonchev–Trinajstić information content (AvgIpc) is 2.28. The second-order valence-electron chi connectivity index (χ2n) is 4.35. The normalized spacial score (nSPS) is 13.3. The smallest absolute Gasteiger partial charge is 0.315 e. The standard InChI is InChI=1S/C12H23N3O4/c1-5-15(6-2)11(18)9(4)14-12(19)13-8(3)7-10(16)17/h8-9H,5-7H2,1-4H3,(H,16,17)(H2,13,14,19). The van der Waals surface area contributed by atoms with Crippen LogP contribution in [0.4, 0.5) is 4.79 Å². The molecular weight excluding hydrogens is 250 g/mol. The molecule has 2 atom stereocenters. The van der Waals surface area contributed by atoms with Gasteiger partial charge in [-0.05, 0) is 27.7 Å². The predicted molar refractivity (Wildman–Crippen MR) is 70.8 cm³/mol. The number of likely N-dealkylation sites (N-methyl/N-ethyl adjacent to an activating group) is 1. The van der Waals surface area contributed by atoms with Crippen LogP contribution in [0.15, 0.2) is 0 Å². The summed E-state index contributed by atoms with van der Waals surface area (Å²) in [5.74, 6) is -1.15. The van der Waals surface area contributed by atoms with Crippen LogP contribution in [0.2, 0.25) is 0 Å². The Kier molecular flexibility index (Phi) is 7.55. The van der Waals surface area contributed by atoms with E-state index in [9.17, 15) is 14.4 Å². The molecule has 0 aliphatic carbocycles. The fourth-order valence-electron chi connectivity index (χ4n) is 1.65. The quantitative estimate of drug-likeness (QED) is 0.625. The lowest BCUT2D eigenvalue weighted by molar-refractivity contribution is -0.137. The first kappa shape index (κ1) is 17.2. The molecule has 0 aromatic rings. The minimum atomic E-state index is -0.986. The van der Waals surface area contributed by atoms with E-state index in [1.165, 1.54) is 0 Å². The van der Waals surface area contributed by atoms with Crippen molar-refractivity contribution < 1.29 is 19.5 Å². The molecule has 0 saturated carbocycles. The molecule has 19 heavy (non-hydrogen) atoms. The highest BCUT2D eigenvalue weighted by Gasteiger charge is 2.20. The monoisotopic (exact) mass is 273 g/mol. The van der Waals surface area contributed by atoms with Crippen molar-refractivity contribution in [1.29, 1.82) is 0 Å². The highest BCUT2D eigenvalue weighted by molar-refractivity contribution is 5.86. The average molecular weight is 273 g/mol. The van der Waals surface area contributed by atoms with Crippen molar-refractivity contribution in [3.8, 4) is 0 Å².